The minimum absolute atomic E-state index is 0.417. The zero-order valence-corrected chi connectivity index (χ0v) is 12.5. The zero-order valence-electron chi connectivity index (χ0n) is 11.7. The number of nitrogens with zero attached hydrogens (tertiary/aromatic N) is 3. The molecular formula is C14H20N4OS. The Balaban J connectivity index is 1.71. The molecule has 1 saturated heterocycles. The van der Waals surface area contributed by atoms with Gasteiger partial charge in [-0.05, 0) is 36.8 Å². The van der Waals surface area contributed by atoms with Gasteiger partial charge in [-0.2, -0.15) is 4.98 Å². The Labute approximate surface area is 122 Å². The van der Waals surface area contributed by atoms with Gasteiger partial charge in [-0.25, -0.2) is 0 Å². The second kappa shape index (κ2) is 6.03. The van der Waals surface area contributed by atoms with Crippen molar-refractivity contribution in [2.75, 3.05) is 13.1 Å². The molecule has 20 heavy (non-hydrogen) atoms. The van der Waals surface area contributed by atoms with Crippen LogP contribution in [0.25, 0.3) is 10.7 Å². The lowest BCUT2D eigenvalue weighted by Gasteiger charge is -2.38. The first kappa shape index (κ1) is 13.7. The molecule has 2 N–H and O–H groups in total. The Hall–Kier alpha value is -1.24. The largest absolute Gasteiger partial charge is 0.338 e. The number of nitrogens with two attached hydrogens (primary N) is 1. The van der Waals surface area contributed by atoms with Gasteiger partial charge in [-0.1, -0.05) is 18.1 Å². The number of hydrogen-bond donors (Lipinski definition) is 1. The summed E-state index contributed by atoms with van der Waals surface area (Å²) in [6, 6.07) is 4.42. The average molecular weight is 292 g/mol. The summed E-state index contributed by atoms with van der Waals surface area (Å²) in [4.78, 5) is 7.91. The highest BCUT2D eigenvalue weighted by Gasteiger charge is 2.28. The molecule has 1 aliphatic heterocycles. The molecule has 3 rings (SSSR count). The van der Waals surface area contributed by atoms with Crippen LogP contribution in [0.5, 0.6) is 0 Å². The fraction of sp³-hybridized carbons (Fsp3) is 0.571. The van der Waals surface area contributed by atoms with Crippen molar-refractivity contribution in [2.24, 2.45) is 11.7 Å². The molecule has 1 fully saturated rings. The number of hydrogen-bond acceptors (Lipinski definition) is 6. The number of piperidine rings is 1. The van der Waals surface area contributed by atoms with Crippen LogP contribution >= 0.6 is 11.3 Å². The van der Waals surface area contributed by atoms with Gasteiger partial charge in [0.25, 0.3) is 0 Å². The summed E-state index contributed by atoms with van der Waals surface area (Å²) < 4.78 is 5.38. The van der Waals surface area contributed by atoms with E-state index >= 15 is 0 Å². The number of thiophene rings is 1. The normalized spacial score (nSPS) is 24.1. The highest BCUT2D eigenvalue weighted by atomic mass is 32.1. The molecule has 2 aromatic heterocycles. The first-order valence-electron chi connectivity index (χ1n) is 7.08. The van der Waals surface area contributed by atoms with E-state index in [0.29, 0.717) is 36.8 Å². The van der Waals surface area contributed by atoms with E-state index in [1.807, 2.05) is 17.5 Å². The minimum atomic E-state index is 0.417. The molecule has 3 heterocycles. The second-order valence-corrected chi connectivity index (χ2v) is 6.33. The smallest absolute Gasteiger partial charge is 0.241 e. The van der Waals surface area contributed by atoms with E-state index < -0.39 is 0 Å². The van der Waals surface area contributed by atoms with E-state index in [9.17, 15) is 0 Å². The number of aromatic nitrogens is 2. The van der Waals surface area contributed by atoms with Crippen LogP contribution in [-0.2, 0) is 6.54 Å². The minimum Gasteiger partial charge on any atom is -0.338 e. The lowest BCUT2D eigenvalue weighted by Crippen LogP contribution is -2.48. The summed E-state index contributed by atoms with van der Waals surface area (Å²) in [6.45, 7) is 4.72. The second-order valence-electron chi connectivity index (χ2n) is 5.38. The molecule has 0 radical (unpaired) electrons. The van der Waals surface area contributed by atoms with Crippen LogP contribution in [0.1, 0.15) is 25.7 Å². The summed E-state index contributed by atoms with van der Waals surface area (Å²) in [7, 11) is 0. The quantitative estimate of drug-likeness (QED) is 0.937. The molecular weight excluding hydrogens is 272 g/mol. The third-order valence-electron chi connectivity index (χ3n) is 4.02. The number of likely N-dealkylation sites (tertiary alicyclic amines) is 1. The van der Waals surface area contributed by atoms with E-state index in [-0.39, 0.29) is 0 Å². The summed E-state index contributed by atoms with van der Waals surface area (Å²) in [6.07, 6.45) is 2.46. The van der Waals surface area contributed by atoms with Gasteiger partial charge in [0.05, 0.1) is 11.4 Å². The Morgan fingerprint density at radius 1 is 1.55 bits per heavy atom. The molecule has 2 unspecified atom stereocenters. The third-order valence-corrected chi connectivity index (χ3v) is 4.89. The monoisotopic (exact) mass is 292 g/mol. The molecule has 0 amide bonds. The predicted octanol–water partition coefficient (Wildman–Crippen LogP) is 2.36. The van der Waals surface area contributed by atoms with Crippen LogP contribution in [0.3, 0.4) is 0 Å². The zero-order chi connectivity index (χ0) is 13.9. The van der Waals surface area contributed by atoms with E-state index in [4.69, 9.17) is 10.3 Å². The van der Waals surface area contributed by atoms with Crippen LogP contribution in [0.15, 0.2) is 22.0 Å². The van der Waals surface area contributed by atoms with Crippen LogP contribution in [0, 0.1) is 5.92 Å². The van der Waals surface area contributed by atoms with Gasteiger partial charge in [-0.3, -0.25) is 4.90 Å². The molecule has 2 aromatic rings. The van der Waals surface area contributed by atoms with E-state index in [2.05, 4.69) is 22.0 Å². The molecule has 0 aliphatic carbocycles. The summed E-state index contributed by atoms with van der Waals surface area (Å²) >= 11 is 1.62. The fourth-order valence-corrected chi connectivity index (χ4v) is 3.56. The maximum Gasteiger partial charge on any atom is 0.241 e. The van der Waals surface area contributed by atoms with Crippen LogP contribution < -0.4 is 5.73 Å². The maximum absolute atomic E-state index is 5.91. The van der Waals surface area contributed by atoms with Crippen molar-refractivity contribution in [1.29, 1.82) is 0 Å². The molecule has 1 aliphatic rings. The number of rotatable bonds is 4. The Morgan fingerprint density at radius 3 is 3.20 bits per heavy atom. The van der Waals surface area contributed by atoms with Crippen molar-refractivity contribution in [3.63, 3.8) is 0 Å². The molecule has 2 atom stereocenters. The maximum atomic E-state index is 5.91. The Morgan fingerprint density at radius 2 is 2.45 bits per heavy atom. The van der Waals surface area contributed by atoms with Gasteiger partial charge in [-0.15, -0.1) is 11.3 Å². The van der Waals surface area contributed by atoms with Crippen molar-refractivity contribution in [3.8, 4) is 10.7 Å². The van der Waals surface area contributed by atoms with Crippen LogP contribution in [-0.4, -0.2) is 34.2 Å². The van der Waals surface area contributed by atoms with E-state index in [1.165, 1.54) is 12.8 Å². The average Bonchev–Trinajstić information content (AvgIpc) is 3.09. The van der Waals surface area contributed by atoms with E-state index in [0.717, 1.165) is 11.4 Å². The van der Waals surface area contributed by atoms with Crippen molar-refractivity contribution in [1.82, 2.24) is 15.0 Å². The van der Waals surface area contributed by atoms with Crippen molar-refractivity contribution >= 4 is 11.3 Å². The molecule has 0 saturated carbocycles. The van der Waals surface area contributed by atoms with Gasteiger partial charge in [0.1, 0.15) is 0 Å². The van der Waals surface area contributed by atoms with Crippen molar-refractivity contribution in [3.05, 3.63) is 23.4 Å². The van der Waals surface area contributed by atoms with Gasteiger partial charge in [0.15, 0.2) is 0 Å². The lowest BCUT2D eigenvalue weighted by atomic mass is 9.91. The van der Waals surface area contributed by atoms with Crippen LogP contribution in [0.2, 0.25) is 0 Å². The standard InChI is InChI=1S/C14H20N4OS/c1-10-4-2-6-18(11(10)8-15)9-13-16-14(17-19-13)12-5-3-7-20-12/h3,5,7,10-11H,2,4,6,8-9,15H2,1H3. The van der Waals surface area contributed by atoms with Gasteiger partial charge < -0.3 is 10.3 Å². The SMILES string of the molecule is CC1CCCN(Cc2nc(-c3cccs3)no2)C1CN. The first-order chi connectivity index (χ1) is 9.78. The third kappa shape index (κ3) is 2.77. The molecule has 0 spiro atoms. The first-order valence-corrected chi connectivity index (χ1v) is 7.96. The highest BCUT2D eigenvalue weighted by molar-refractivity contribution is 7.13. The summed E-state index contributed by atoms with van der Waals surface area (Å²) in [5, 5.41) is 6.08. The van der Waals surface area contributed by atoms with Crippen LogP contribution in [0.4, 0.5) is 0 Å². The summed E-state index contributed by atoms with van der Waals surface area (Å²) in [5.74, 6) is 2.00. The molecule has 5 nitrogen and oxygen atoms in total. The molecule has 108 valence electrons. The Bertz CT molecular complexity index is 539. The molecule has 6 heteroatoms. The molecule has 0 bridgehead atoms. The molecule has 0 aromatic carbocycles. The van der Waals surface area contributed by atoms with Gasteiger partial charge in [0, 0.05) is 12.6 Å². The summed E-state index contributed by atoms with van der Waals surface area (Å²) in [5.41, 5.74) is 5.91. The highest BCUT2D eigenvalue weighted by Crippen LogP contribution is 2.25. The van der Waals surface area contributed by atoms with Crippen molar-refractivity contribution in [2.45, 2.75) is 32.4 Å². The predicted molar refractivity (Wildman–Crippen MR) is 79.3 cm³/mol. The Kier molecular flexibility index (Phi) is 4.14. The topological polar surface area (TPSA) is 68.2 Å². The fourth-order valence-electron chi connectivity index (χ4n) is 2.91. The van der Waals surface area contributed by atoms with Crippen molar-refractivity contribution < 1.29 is 4.52 Å². The van der Waals surface area contributed by atoms with Gasteiger partial charge >= 0.3 is 0 Å². The lowest BCUT2D eigenvalue weighted by molar-refractivity contribution is 0.0874. The van der Waals surface area contributed by atoms with E-state index in [1.54, 1.807) is 11.3 Å². The van der Waals surface area contributed by atoms with Gasteiger partial charge in [0.2, 0.25) is 11.7 Å².